The summed E-state index contributed by atoms with van der Waals surface area (Å²) in [5, 5.41) is 14.7. The summed E-state index contributed by atoms with van der Waals surface area (Å²) >= 11 is 0. The van der Waals surface area contributed by atoms with Gasteiger partial charge in [-0.1, -0.05) is 86.0 Å². The molecule has 0 aromatic heterocycles. The van der Waals surface area contributed by atoms with E-state index in [1.54, 1.807) is 30.3 Å². The molecule has 50 heavy (non-hydrogen) atoms. The fraction of sp³-hybridized carbons (Fsp3) is 0.325. The number of hydrogen-bond donors (Lipinski definition) is 3. The molecular formula is C40H39F3N2O5. The molecule has 3 N–H and O–H groups in total. The van der Waals surface area contributed by atoms with Crippen LogP contribution in [0.1, 0.15) is 94.6 Å². The number of benzene rings is 4. The SMILES string of the molecule is O=C(O)CCNC(=O)c1ccc(CC(C(=O)NC2Cc3ccc(OC(F)(F)F)cc3-c3ccccc32)c2ccc(C3CCCCC3)cc2)cc1. The number of halogens is 3. The zero-order valence-corrected chi connectivity index (χ0v) is 27.5. The number of carboxylic acids is 1. The molecule has 0 bridgehead atoms. The molecule has 0 heterocycles. The molecular weight excluding hydrogens is 645 g/mol. The molecule has 1 fully saturated rings. The Bertz CT molecular complexity index is 1830. The molecule has 6 rings (SSSR count). The lowest BCUT2D eigenvalue weighted by atomic mass is 9.81. The third-order valence-electron chi connectivity index (χ3n) is 9.69. The summed E-state index contributed by atoms with van der Waals surface area (Å²) < 4.78 is 43.1. The number of amides is 2. The van der Waals surface area contributed by atoms with Gasteiger partial charge in [0.25, 0.3) is 5.91 Å². The van der Waals surface area contributed by atoms with Gasteiger partial charge in [-0.25, -0.2) is 0 Å². The van der Waals surface area contributed by atoms with Gasteiger partial charge in [-0.05, 0) is 94.8 Å². The Kier molecular flexibility index (Phi) is 10.6. The van der Waals surface area contributed by atoms with E-state index in [4.69, 9.17) is 5.11 Å². The fourth-order valence-corrected chi connectivity index (χ4v) is 7.17. The molecule has 1 saturated carbocycles. The first-order valence-corrected chi connectivity index (χ1v) is 17.0. The van der Waals surface area contributed by atoms with Crippen molar-refractivity contribution in [3.8, 4) is 16.9 Å². The fourth-order valence-electron chi connectivity index (χ4n) is 7.17. The van der Waals surface area contributed by atoms with Crippen LogP contribution in [0.4, 0.5) is 13.2 Å². The summed E-state index contributed by atoms with van der Waals surface area (Å²) in [6, 6.07) is 26.5. The van der Waals surface area contributed by atoms with Gasteiger partial charge in [0, 0.05) is 12.1 Å². The standard InChI is InChI=1S/C40H39F3N2O5/c41-40(42,43)50-31-19-18-30-23-36(33-9-5-4-8-32(33)34(30)24-31)45-39(49)35(28-16-14-27(15-17-28)26-6-2-1-3-7-26)22-25-10-12-29(13-11-25)38(48)44-21-20-37(46)47/h4-5,8-19,24,26,35-36H,1-3,6-7,20-23H2,(H,44,48)(H,45,49)(H,46,47). The zero-order valence-electron chi connectivity index (χ0n) is 27.5. The minimum Gasteiger partial charge on any atom is -0.481 e. The maximum absolute atomic E-state index is 14.3. The molecule has 2 unspecified atom stereocenters. The van der Waals surface area contributed by atoms with E-state index >= 15 is 0 Å². The van der Waals surface area contributed by atoms with Crippen LogP contribution >= 0.6 is 0 Å². The number of carbonyl (C=O) groups is 3. The molecule has 2 amide bonds. The van der Waals surface area contributed by atoms with Crippen molar-refractivity contribution in [1.29, 1.82) is 0 Å². The van der Waals surface area contributed by atoms with Crippen LogP contribution in [0.25, 0.3) is 11.1 Å². The van der Waals surface area contributed by atoms with Crippen LogP contribution in [0, 0.1) is 0 Å². The highest BCUT2D eigenvalue weighted by molar-refractivity contribution is 5.94. The van der Waals surface area contributed by atoms with Crippen molar-refractivity contribution >= 4 is 17.8 Å². The number of carboxylic acid groups (broad SMARTS) is 1. The number of hydrogen-bond acceptors (Lipinski definition) is 4. The van der Waals surface area contributed by atoms with E-state index < -0.39 is 24.3 Å². The number of rotatable bonds is 11. The van der Waals surface area contributed by atoms with Crippen LogP contribution < -0.4 is 15.4 Å². The van der Waals surface area contributed by atoms with E-state index in [-0.39, 0.29) is 30.5 Å². The van der Waals surface area contributed by atoms with Crippen molar-refractivity contribution < 1.29 is 37.4 Å². The van der Waals surface area contributed by atoms with Crippen molar-refractivity contribution in [2.75, 3.05) is 6.54 Å². The topological polar surface area (TPSA) is 105 Å². The summed E-state index contributed by atoms with van der Waals surface area (Å²) in [7, 11) is 0. The molecule has 2 aliphatic carbocycles. The Morgan fingerprint density at radius 1 is 0.860 bits per heavy atom. The molecule has 0 radical (unpaired) electrons. The largest absolute Gasteiger partial charge is 0.573 e. The highest BCUT2D eigenvalue weighted by Gasteiger charge is 2.33. The Balaban J connectivity index is 1.25. The number of fused-ring (bicyclic) bond motifs is 3. The zero-order chi connectivity index (χ0) is 35.3. The van der Waals surface area contributed by atoms with Gasteiger partial charge in [0.15, 0.2) is 0 Å². The molecule has 0 spiro atoms. The van der Waals surface area contributed by atoms with E-state index in [2.05, 4.69) is 27.5 Å². The van der Waals surface area contributed by atoms with Crippen molar-refractivity contribution in [3.05, 3.63) is 124 Å². The first-order valence-electron chi connectivity index (χ1n) is 17.0. The van der Waals surface area contributed by atoms with E-state index in [0.29, 0.717) is 29.9 Å². The summed E-state index contributed by atoms with van der Waals surface area (Å²) in [5.41, 5.74) is 6.34. The summed E-state index contributed by atoms with van der Waals surface area (Å²) in [5.74, 6) is -1.91. The van der Waals surface area contributed by atoms with Gasteiger partial charge in [0.05, 0.1) is 18.4 Å². The maximum atomic E-state index is 14.3. The second-order valence-corrected chi connectivity index (χ2v) is 13.1. The van der Waals surface area contributed by atoms with Crippen molar-refractivity contribution in [2.45, 2.75) is 75.6 Å². The second-order valence-electron chi connectivity index (χ2n) is 13.1. The highest BCUT2D eigenvalue weighted by atomic mass is 19.4. The van der Waals surface area contributed by atoms with E-state index in [1.807, 2.05) is 36.4 Å². The minimum absolute atomic E-state index is 0.0201. The number of ether oxygens (including phenoxy) is 1. The molecule has 2 aliphatic rings. The quantitative estimate of drug-likeness (QED) is 0.148. The van der Waals surface area contributed by atoms with Crippen LogP contribution in [0.15, 0.2) is 91.0 Å². The number of nitrogens with one attached hydrogen (secondary N) is 2. The van der Waals surface area contributed by atoms with Crippen LogP contribution in [-0.4, -0.2) is 35.8 Å². The number of alkyl halides is 3. The van der Waals surface area contributed by atoms with Gasteiger partial charge >= 0.3 is 12.3 Å². The van der Waals surface area contributed by atoms with Gasteiger partial charge in [-0.15, -0.1) is 13.2 Å². The molecule has 4 aromatic carbocycles. The first-order chi connectivity index (χ1) is 24.0. The van der Waals surface area contributed by atoms with E-state index in [9.17, 15) is 27.6 Å². The predicted octanol–water partition coefficient (Wildman–Crippen LogP) is 8.24. The summed E-state index contributed by atoms with van der Waals surface area (Å²) in [4.78, 5) is 37.6. The third-order valence-corrected chi connectivity index (χ3v) is 9.69. The smallest absolute Gasteiger partial charge is 0.481 e. The normalized spacial score (nSPS) is 16.4. The maximum Gasteiger partial charge on any atom is 0.573 e. The molecule has 7 nitrogen and oxygen atoms in total. The average molecular weight is 685 g/mol. The van der Waals surface area contributed by atoms with Crippen molar-refractivity contribution in [2.24, 2.45) is 0 Å². The Morgan fingerprint density at radius 3 is 2.28 bits per heavy atom. The third kappa shape index (κ3) is 8.53. The van der Waals surface area contributed by atoms with Gasteiger partial charge in [-0.3, -0.25) is 14.4 Å². The lowest BCUT2D eigenvalue weighted by molar-refractivity contribution is -0.274. The number of carbonyl (C=O) groups excluding carboxylic acids is 2. The van der Waals surface area contributed by atoms with Crippen molar-refractivity contribution in [3.63, 3.8) is 0 Å². The van der Waals surface area contributed by atoms with Crippen molar-refractivity contribution in [1.82, 2.24) is 10.6 Å². The summed E-state index contributed by atoms with van der Waals surface area (Å²) in [6.07, 6.45) is 1.78. The Hall–Kier alpha value is -5.12. The Morgan fingerprint density at radius 2 is 1.58 bits per heavy atom. The number of aliphatic carboxylic acids is 1. The van der Waals surface area contributed by atoms with E-state index in [0.717, 1.165) is 40.7 Å². The lowest BCUT2D eigenvalue weighted by Crippen LogP contribution is -2.36. The monoisotopic (exact) mass is 684 g/mol. The molecule has 260 valence electrons. The Labute approximate surface area is 288 Å². The lowest BCUT2D eigenvalue weighted by Gasteiger charge is -2.30. The predicted molar refractivity (Wildman–Crippen MR) is 183 cm³/mol. The van der Waals surface area contributed by atoms with Crippen LogP contribution in [0.2, 0.25) is 0 Å². The molecule has 0 aliphatic heterocycles. The molecule has 2 atom stereocenters. The van der Waals surface area contributed by atoms with E-state index in [1.165, 1.54) is 37.0 Å². The van der Waals surface area contributed by atoms with Gasteiger partial charge in [-0.2, -0.15) is 0 Å². The second kappa shape index (κ2) is 15.2. The molecule has 10 heteroatoms. The van der Waals surface area contributed by atoms with Crippen LogP contribution in [0.5, 0.6) is 5.75 Å². The molecule has 0 saturated heterocycles. The van der Waals surface area contributed by atoms with Gasteiger partial charge in [0.1, 0.15) is 5.75 Å². The van der Waals surface area contributed by atoms with Crippen LogP contribution in [-0.2, 0) is 22.4 Å². The highest BCUT2D eigenvalue weighted by Crippen LogP contribution is 2.41. The van der Waals surface area contributed by atoms with Gasteiger partial charge in [0.2, 0.25) is 5.91 Å². The minimum atomic E-state index is -4.81. The molecule has 4 aromatic rings. The summed E-state index contributed by atoms with van der Waals surface area (Å²) in [6.45, 7) is 0.0201. The van der Waals surface area contributed by atoms with Gasteiger partial charge < -0.3 is 20.5 Å². The first kappa shape index (κ1) is 34.7. The average Bonchev–Trinajstić information content (AvgIpc) is 3.11. The van der Waals surface area contributed by atoms with Crippen LogP contribution in [0.3, 0.4) is 0 Å².